The number of carbonyl (C=O) groups is 2. The molecular weight excluding hydrogens is 375 g/mol. The van der Waals surface area contributed by atoms with Crippen LogP contribution in [0.1, 0.15) is 22.8 Å². The van der Waals surface area contributed by atoms with E-state index in [-0.39, 0.29) is 10.5 Å². The summed E-state index contributed by atoms with van der Waals surface area (Å²) in [4.78, 5) is 23.8. The summed E-state index contributed by atoms with van der Waals surface area (Å²) in [7, 11) is -3.98. The first-order chi connectivity index (χ1) is 12.7. The molecule has 0 saturated carbocycles. The number of nitrogens with zero attached hydrogens (tertiary/aromatic N) is 1. The van der Waals surface area contributed by atoms with Gasteiger partial charge in [0, 0.05) is 5.56 Å². The standard InChI is InChI=1S/C18H15FN2O5S/c1-12(18(23)14-4-6-15(19)7-5-14)26-17(22)11-21-27(24,25)16-8-2-13(10-20)3-9-16/h2-9,12,21H,11H2,1H3/t12-/m0/s1. The zero-order valence-electron chi connectivity index (χ0n) is 14.2. The summed E-state index contributed by atoms with van der Waals surface area (Å²) < 4.78 is 44.1. The molecule has 0 amide bonds. The molecule has 0 unspecified atom stereocenters. The Morgan fingerprint density at radius 2 is 1.74 bits per heavy atom. The van der Waals surface area contributed by atoms with Crippen molar-refractivity contribution in [2.75, 3.05) is 6.54 Å². The Morgan fingerprint density at radius 1 is 1.15 bits per heavy atom. The third-order valence-electron chi connectivity index (χ3n) is 3.51. The van der Waals surface area contributed by atoms with Crippen LogP contribution in [0.25, 0.3) is 0 Å². The highest BCUT2D eigenvalue weighted by atomic mass is 32.2. The maximum absolute atomic E-state index is 12.9. The third-order valence-corrected chi connectivity index (χ3v) is 4.92. The van der Waals surface area contributed by atoms with Crippen LogP contribution < -0.4 is 4.72 Å². The van der Waals surface area contributed by atoms with Crippen LogP contribution in [0.2, 0.25) is 0 Å². The molecule has 0 aliphatic heterocycles. The van der Waals surface area contributed by atoms with Gasteiger partial charge in [-0.1, -0.05) is 0 Å². The number of rotatable bonds is 7. The molecule has 0 heterocycles. The van der Waals surface area contributed by atoms with Gasteiger partial charge >= 0.3 is 5.97 Å². The van der Waals surface area contributed by atoms with Gasteiger partial charge < -0.3 is 4.74 Å². The molecule has 2 rings (SSSR count). The first-order valence-corrected chi connectivity index (χ1v) is 9.20. The number of nitrogens with one attached hydrogen (secondary N) is 1. The summed E-state index contributed by atoms with van der Waals surface area (Å²) in [5.41, 5.74) is 0.455. The molecule has 0 aliphatic carbocycles. The normalized spacial score (nSPS) is 12.0. The maximum atomic E-state index is 12.9. The van der Waals surface area contributed by atoms with Crippen LogP contribution in [0.15, 0.2) is 53.4 Å². The van der Waals surface area contributed by atoms with Crippen molar-refractivity contribution in [2.24, 2.45) is 0 Å². The lowest BCUT2D eigenvalue weighted by Crippen LogP contribution is -2.34. The van der Waals surface area contributed by atoms with E-state index < -0.39 is 40.2 Å². The van der Waals surface area contributed by atoms with Gasteiger partial charge in [0.25, 0.3) is 0 Å². The van der Waals surface area contributed by atoms with Crippen molar-refractivity contribution in [3.63, 3.8) is 0 Å². The largest absolute Gasteiger partial charge is 0.453 e. The minimum absolute atomic E-state index is 0.121. The summed E-state index contributed by atoms with van der Waals surface area (Å²) in [6.07, 6.45) is -1.16. The zero-order chi connectivity index (χ0) is 20.0. The number of ether oxygens (including phenoxy) is 1. The Morgan fingerprint density at radius 3 is 2.30 bits per heavy atom. The number of ketones is 1. The molecule has 0 bridgehead atoms. The topological polar surface area (TPSA) is 113 Å². The number of hydrogen-bond acceptors (Lipinski definition) is 6. The number of hydrogen-bond donors (Lipinski definition) is 1. The van der Waals surface area contributed by atoms with E-state index in [1.54, 1.807) is 0 Å². The number of sulfonamides is 1. The van der Waals surface area contributed by atoms with Gasteiger partial charge in [-0.3, -0.25) is 9.59 Å². The molecule has 0 saturated heterocycles. The molecular formula is C18H15FN2O5S. The van der Waals surface area contributed by atoms with Gasteiger partial charge in [0.2, 0.25) is 15.8 Å². The summed E-state index contributed by atoms with van der Waals surface area (Å²) in [5, 5.41) is 8.71. The molecule has 0 radical (unpaired) electrons. The molecule has 2 aromatic rings. The van der Waals surface area contributed by atoms with Crippen molar-refractivity contribution < 1.29 is 27.1 Å². The van der Waals surface area contributed by atoms with Crippen molar-refractivity contribution in [3.8, 4) is 6.07 Å². The van der Waals surface area contributed by atoms with Crippen molar-refractivity contribution in [3.05, 3.63) is 65.5 Å². The molecule has 0 aliphatic rings. The Hall–Kier alpha value is -3.09. The summed E-state index contributed by atoms with van der Waals surface area (Å²) >= 11 is 0. The van der Waals surface area contributed by atoms with Crippen molar-refractivity contribution in [1.29, 1.82) is 5.26 Å². The first kappa shape index (κ1) is 20.2. The van der Waals surface area contributed by atoms with Crippen molar-refractivity contribution >= 4 is 21.8 Å². The lowest BCUT2D eigenvalue weighted by atomic mass is 10.1. The van der Waals surface area contributed by atoms with Gasteiger partial charge in [-0.2, -0.15) is 9.98 Å². The molecule has 0 spiro atoms. The van der Waals surface area contributed by atoms with Crippen LogP contribution in [0.4, 0.5) is 4.39 Å². The number of carbonyl (C=O) groups excluding carboxylic acids is 2. The summed E-state index contributed by atoms with van der Waals surface area (Å²) in [6, 6.07) is 11.7. The molecule has 9 heteroatoms. The van der Waals surface area contributed by atoms with Crippen LogP contribution in [0.3, 0.4) is 0 Å². The Labute approximate surface area is 155 Å². The second-order valence-corrected chi connectivity index (χ2v) is 7.23. The maximum Gasteiger partial charge on any atom is 0.321 e. The Bertz CT molecular complexity index is 980. The molecule has 0 fully saturated rings. The summed E-state index contributed by atoms with van der Waals surface area (Å²) in [6.45, 7) is 0.655. The fourth-order valence-corrected chi connectivity index (χ4v) is 3.06. The van der Waals surface area contributed by atoms with E-state index in [0.717, 1.165) is 12.1 Å². The number of halogens is 1. The predicted molar refractivity (Wildman–Crippen MR) is 92.6 cm³/mol. The fraction of sp³-hybridized carbons (Fsp3) is 0.167. The van der Waals surface area contributed by atoms with Gasteiger partial charge in [-0.15, -0.1) is 0 Å². The lowest BCUT2D eigenvalue weighted by molar-refractivity contribution is -0.144. The Kier molecular flexibility index (Phi) is 6.39. The monoisotopic (exact) mass is 390 g/mol. The average Bonchev–Trinajstić information content (AvgIpc) is 2.66. The van der Waals surface area contributed by atoms with E-state index in [4.69, 9.17) is 10.00 Å². The average molecular weight is 390 g/mol. The number of Topliss-reactive ketones (excluding diaryl/α,β-unsaturated/α-hetero) is 1. The predicted octanol–water partition coefficient (Wildman–Crippen LogP) is 1.79. The van der Waals surface area contributed by atoms with E-state index in [2.05, 4.69) is 4.72 Å². The van der Waals surface area contributed by atoms with Gasteiger partial charge in [-0.25, -0.2) is 12.8 Å². The van der Waals surface area contributed by atoms with Gasteiger partial charge in [0.05, 0.1) is 16.5 Å². The number of esters is 1. The zero-order valence-corrected chi connectivity index (χ0v) is 15.0. The quantitative estimate of drug-likeness (QED) is 0.570. The SMILES string of the molecule is C[C@H](OC(=O)CNS(=O)(=O)c1ccc(C#N)cc1)C(=O)c1ccc(F)cc1. The molecule has 7 nitrogen and oxygen atoms in total. The highest BCUT2D eigenvalue weighted by molar-refractivity contribution is 7.89. The van der Waals surface area contributed by atoms with Gasteiger partial charge in [0.1, 0.15) is 12.4 Å². The van der Waals surface area contributed by atoms with Crippen LogP contribution in [-0.2, 0) is 19.6 Å². The van der Waals surface area contributed by atoms with E-state index >= 15 is 0 Å². The highest BCUT2D eigenvalue weighted by Gasteiger charge is 2.21. The van der Waals surface area contributed by atoms with Crippen LogP contribution in [0.5, 0.6) is 0 Å². The van der Waals surface area contributed by atoms with E-state index in [0.29, 0.717) is 5.56 Å². The minimum Gasteiger partial charge on any atom is -0.453 e. The molecule has 140 valence electrons. The van der Waals surface area contributed by atoms with Crippen LogP contribution in [-0.4, -0.2) is 32.8 Å². The van der Waals surface area contributed by atoms with Gasteiger partial charge in [0.15, 0.2) is 6.10 Å². The van der Waals surface area contributed by atoms with E-state index in [9.17, 15) is 22.4 Å². The fourth-order valence-electron chi connectivity index (χ4n) is 2.09. The molecule has 2 aromatic carbocycles. The minimum atomic E-state index is -3.98. The van der Waals surface area contributed by atoms with Crippen molar-refractivity contribution in [2.45, 2.75) is 17.9 Å². The van der Waals surface area contributed by atoms with Crippen LogP contribution >= 0.6 is 0 Å². The lowest BCUT2D eigenvalue weighted by Gasteiger charge is -2.13. The molecule has 27 heavy (non-hydrogen) atoms. The first-order valence-electron chi connectivity index (χ1n) is 7.72. The van der Waals surface area contributed by atoms with E-state index in [1.807, 2.05) is 6.07 Å². The highest BCUT2D eigenvalue weighted by Crippen LogP contribution is 2.11. The smallest absolute Gasteiger partial charge is 0.321 e. The number of benzene rings is 2. The number of nitriles is 1. The second-order valence-electron chi connectivity index (χ2n) is 5.46. The third kappa shape index (κ3) is 5.44. The summed E-state index contributed by atoms with van der Waals surface area (Å²) in [5.74, 6) is -2.00. The molecule has 1 atom stereocenters. The molecule has 0 aromatic heterocycles. The van der Waals surface area contributed by atoms with Crippen LogP contribution in [0, 0.1) is 17.1 Å². The molecule has 1 N–H and O–H groups in total. The van der Waals surface area contributed by atoms with Crippen molar-refractivity contribution in [1.82, 2.24) is 4.72 Å². The van der Waals surface area contributed by atoms with Gasteiger partial charge in [-0.05, 0) is 55.5 Å². The van der Waals surface area contributed by atoms with E-state index in [1.165, 1.54) is 43.3 Å². The second kappa shape index (κ2) is 8.53. The Balaban J connectivity index is 1.93.